The highest BCUT2D eigenvalue weighted by Gasteiger charge is 2.33. The molecule has 74 valence electrons. The van der Waals surface area contributed by atoms with Crippen LogP contribution in [0.1, 0.15) is 33.1 Å². The molecule has 0 aromatic heterocycles. The van der Waals surface area contributed by atoms with Crippen LogP contribution < -0.4 is 10.6 Å². The molecule has 1 heterocycles. The molecule has 4 nitrogen and oxygen atoms in total. The second-order valence-electron chi connectivity index (χ2n) is 3.56. The second kappa shape index (κ2) is 4.25. The van der Waals surface area contributed by atoms with Gasteiger partial charge in [0.25, 0.3) is 5.91 Å². The van der Waals surface area contributed by atoms with Crippen molar-refractivity contribution in [1.82, 2.24) is 10.6 Å². The van der Waals surface area contributed by atoms with E-state index >= 15 is 0 Å². The third-order valence-corrected chi connectivity index (χ3v) is 2.39. The van der Waals surface area contributed by atoms with Crippen LogP contribution in [-0.4, -0.2) is 18.0 Å². The van der Waals surface area contributed by atoms with Gasteiger partial charge in [-0.15, -0.1) is 0 Å². The molecular weight excluding hydrogens is 168 g/mol. The molecule has 1 aliphatic heterocycles. The number of imide groups is 1. The summed E-state index contributed by atoms with van der Waals surface area (Å²) in [5, 5.41) is 4.85. The number of rotatable bonds is 4. The molecule has 2 N–H and O–H groups in total. The van der Waals surface area contributed by atoms with E-state index in [4.69, 9.17) is 0 Å². The van der Waals surface area contributed by atoms with E-state index in [2.05, 4.69) is 17.6 Å². The van der Waals surface area contributed by atoms with E-state index in [1.807, 2.05) is 6.92 Å². The average Bonchev–Trinajstić information content (AvgIpc) is 2.41. The van der Waals surface area contributed by atoms with Crippen molar-refractivity contribution in [2.75, 3.05) is 0 Å². The Labute approximate surface area is 78.1 Å². The van der Waals surface area contributed by atoms with Crippen molar-refractivity contribution in [3.05, 3.63) is 0 Å². The lowest BCUT2D eigenvalue weighted by molar-refractivity contribution is -0.121. The molecule has 1 saturated heterocycles. The SMILES string of the molecule is CCCCC(C)C1NC(=O)NC1=O. The molecule has 2 atom stereocenters. The van der Waals surface area contributed by atoms with Gasteiger partial charge in [0.15, 0.2) is 0 Å². The minimum absolute atomic E-state index is 0.186. The summed E-state index contributed by atoms with van der Waals surface area (Å²) in [6, 6.07) is -0.683. The number of unbranched alkanes of at least 4 members (excludes halogenated alkanes) is 1. The summed E-state index contributed by atoms with van der Waals surface area (Å²) in [6.45, 7) is 4.10. The summed E-state index contributed by atoms with van der Waals surface area (Å²) in [6.07, 6.45) is 3.20. The largest absolute Gasteiger partial charge is 0.326 e. The van der Waals surface area contributed by atoms with Crippen LogP contribution in [0.3, 0.4) is 0 Å². The Kier molecular flexibility index (Phi) is 3.28. The molecule has 0 radical (unpaired) electrons. The fourth-order valence-electron chi connectivity index (χ4n) is 1.53. The molecule has 0 aliphatic carbocycles. The molecule has 0 saturated carbocycles. The predicted molar refractivity (Wildman–Crippen MR) is 49.2 cm³/mol. The quantitative estimate of drug-likeness (QED) is 0.641. The second-order valence-corrected chi connectivity index (χ2v) is 3.56. The van der Waals surface area contributed by atoms with Gasteiger partial charge in [-0.2, -0.15) is 0 Å². The Balaban J connectivity index is 2.42. The summed E-state index contributed by atoms with van der Waals surface area (Å²) in [5.74, 6) is 0.0417. The number of hydrogen-bond donors (Lipinski definition) is 2. The summed E-state index contributed by atoms with van der Waals surface area (Å²) < 4.78 is 0. The van der Waals surface area contributed by atoms with Gasteiger partial charge in [0.05, 0.1) is 0 Å². The van der Waals surface area contributed by atoms with Crippen LogP contribution in [0.4, 0.5) is 4.79 Å². The zero-order valence-corrected chi connectivity index (χ0v) is 8.09. The molecule has 0 aromatic rings. The van der Waals surface area contributed by atoms with E-state index in [0.717, 1.165) is 19.3 Å². The van der Waals surface area contributed by atoms with Crippen LogP contribution in [0.15, 0.2) is 0 Å². The highest BCUT2D eigenvalue weighted by molar-refractivity contribution is 6.04. The van der Waals surface area contributed by atoms with E-state index in [1.165, 1.54) is 0 Å². The molecule has 1 rings (SSSR count). The first-order valence-corrected chi connectivity index (χ1v) is 4.76. The van der Waals surface area contributed by atoms with Crippen LogP contribution in [0.25, 0.3) is 0 Å². The average molecular weight is 184 g/mol. The van der Waals surface area contributed by atoms with Gasteiger partial charge in [-0.25, -0.2) is 4.79 Å². The summed E-state index contributed by atoms with van der Waals surface area (Å²) >= 11 is 0. The highest BCUT2D eigenvalue weighted by atomic mass is 16.2. The molecule has 3 amide bonds. The Bertz CT molecular complexity index is 216. The van der Waals surface area contributed by atoms with Crippen LogP contribution in [-0.2, 0) is 4.79 Å². The molecular formula is C9H16N2O2. The Morgan fingerprint density at radius 2 is 2.15 bits per heavy atom. The van der Waals surface area contributed by atoms with Crippen molar-refractivity contribution in [2.45, 2.75) is 39.2 Å². The Morgan fingerprint density at radius 3 is 2.62 bits per heavy atom. The first-order chi connectivity index (χ1) is 6.15. The van der Waals surface area contributed by atoms with Crippen LogP contribution in [0, 0.1) is 5.92 Å². The smallest absolute Gasteiger partial charge is 0.322 e. The molecule has 2 unspecified atom stereocenters. The normalized spacial score (nSPS) is 24.0. The minimum Gasteiger partial charge on any atom is -0.326 e. The fraction of sp³-hybridized carbons (Fsp3) is 0.778. The topological polar surface area (TPSA) is 58.2 Å². The van der Waals surface area contributed by atoms with Crippen molar-refractivity contribution in [1.29, 1.82) is 0 Å². The van der Waals surface area contributed by atoms with Gasteiger partial charge < -0.3 is 5.32 Å². The van der Waals surface area contributed by atoms with Gasteiger partial charge >= 0.3 is 6.03 Å². The first-order valence-electron chi connectivity index (χ1n) is 4.76. The van der Waals surface area contributed by atoms with E-state index < -0.39 is 0 Å². The Morgan fingerprint density at radius 1 is 1.46 bits per heavy atom. The third-order valence-electron chi connectivity index (χ3n) is 2.39. The molecule has 4 heteroatoms. The summed E-state index contributed by atoms with van der Waals surface area (Å²) in [4.78, 5) is 22.0. The van der Waals surface area contributed by atoms with Gasteiger partial charge in [-0.1, -0.05) is 26.7 Å². The third kappa shape index (κ3) is 2.44. The van der Waals surface area contributed by atoms with Crippen LogP contribution in [0.5, 0.6) is 0 Å². The maximum Gasteiger partial charge on any atom is 0.322 e. The number of carbonyl (C=O) groups excluding carboxylic acids is 2. The molecule has 0 bridgehead atoms. The zero-order chi connectivity index (χ0) is 9.84. The summed E-state index contributed by atoms with van der Waals surface area (Å²) in [5.41, 5.74) is 0. The number of amides is 3. The number of urea groups is 1. The van der Waals surface area contributed by atoms with Crippen molar-refractivity contribution >= 4 is 11.9 Å². The van der Waals surface area contributed by atoms with Gasteiger partial charge in [-0.3, -0.25) is 10.1 Å². The molecule has 1 fully saturated rings. The number of nitrogens with one attached hydrogen (secondary N) is 2. The monoisotopic (exact) mass is 184 g/mol. The van der Waals surface area contributed by atoms with Gasteiger partial charge in [0.2, 0.25) is 0 Å². The van der Waals surface area contributed by atoms with Gasteiger partial charge in [0.1, 0.15) is 6.04 Å². The molecule has 1 aliphatic rings. The van der Waals surface area contributed by atoms with Crippen LogP contribution >= 0.6 is 0 Å². The lowest BCUT2D eigenvalue weighted by Gasteiger charge is -2.15. The maximum atomic E-state index is 11.2. The van der Waals surface area contributed by atoms with E-state index in [9.17, 15) is 9.59 Å². The van der Waals surface area contributed by atoms with Crippen molar-refractivity contribution in [3.63, 3.8) is 0 Å². The van der Waals surface area contributed by atoms with Gasteiger partial charge in [-0.05, 0) is 12.3 Å². The zero-order valence-electron chi connectivity index (χ0n) is 8.09. The lowest BCUT2D eigenvalue weighted by Crippen LogP contribution is -2.35. The predicted octanol–water partition coefficient (Wildman–Crippen LogP) is 1.02. The Hall–Kier alpha value is -1.06. The fourth-order valence-corrected chi connectivity index (χ4v) is 1.53. The maximum absolute atomic E-state index is 11.2. The molecule has 0 aromatic carbocycles. The van der Waals surface area contributed by atoms with E-state index in [0.29, 0.717) is 0 Å². The van der Waals surface area contributed by atoms with Crippen LogP contribution in [0.2, 0.25) is 0 Å². The van der Waals surface area contributed by atoms with Crippen molar-refractivity contribution in [3.8, 4) is 0 Å². The molecule has 0 spiro atoms. The lowest BCUT2D eigenvalue weighted by atomic mass is 9.96. The first kappa shape index (κ1) is 10.0. The van der Waals surface area contributed by atoms with Crippen molar-refractivity contribution in [2.24, 2.45) is 5.92 Å². The standard InChI is InChI=1S/C9H16N2O2/c1-3-4-5-6(2)7-8(12)11-9(13)10-7/h6-7H,3-5H2,1-2H3,(H2,10,11,12,13). The number of hydrogen-bond acceptors (Lipinski definition) is 2. The van der Waals surface area contributed by atoms with E-state index in [1.54, 1.807) is 0 Å². The highest BCUT2D eigenvalue weighted by Crippen LogP contribution is 2.14. The molecule has 13 heavy (non-hydrogen) atoms. The number of carbonyl (C=O) groups is 2. The van der Waals surface area contributed by atoms with Crippen molar-refractivity contribution < 1.29 is 9.59 Å². The summed E-state index contributed by atoms with van der Waals surface area (Å²) in [7, 11) is 0. The van der Waals surface area contributed by atoms with Gasteiger partial charge in [0, 0.05) is 0 Å². The van der Waals surface area contributed by atoms with E-state index in [-0.39, 0.29) is 23.9 Å². The minimum atomic E-state index is -0.363.